The first-order valence-electron chi connectivity index (χ1n) is 10.9. The molecule has 5 unspecified atom stereocenters. The van der Waals surface area contributed by atoms with E-state index in [0.29, 0.717) is 32.4 Å². The number of hydrogen-bond acceptors (Lipinski definition) is 13. The van der Waals surface area contributed by atoms with E-state index in [1.54, 1.807) is 0 Å². The number of methoxy groups -OCH3 is 2. The van der Waals surface area contributed by atoms with E-state index in [1.165, 1.54) is 14.2 Å². The fourth-order valence-electron chi connectivity index (χ4n) is 3.05. The number of aliphatic hydroxyl groups excluding tert-OH is 1. The normalized spacial score (nSPS) is 18.9. The molecule has 13 nitrogen and oxygen atoms in total. The second-order valence-corrected chi connectivity index (χ2v) is 7.63. The zero-order valence-electron chi connectivity index (χ0n) is 19.7. The minimum Gasteiger partial charge on any atom is -0.462 e. The Morgan fingerprint density at radius 2 is 1.50 bits per heavy atom. The zero-order valence-corrected chi connectivity index (χ0v) is 19.7. The molecule has 0 aromatic carbocycles. The lowest BCUT2D eigenvalue weighted by molar-refractivity contribution is -0.141. The molecule has 0 aromatic rings. The Bertz CT molecular complexity index is 547. The third-order valence-corrected chi connectivity index (χ3v) is 4.68. The third kappa shape index (κ3) is 14.3. The fraction of sp³-hybridized carbons (Fsp3) is 0.857. The van der Waals surface area contributed by atoms with Gasteiger partial charge in [0.2, 0.25) is 0 Å². The van der Waals surface area contributed by atoms with E-state index >= 15 is 0 Å². The second-order valence-electron chi connectivity index (χ2n) is 7.63. The molecule has 0 saturated carbocycles. The van der Waals surface area contributed by atoms with Crippen LogP contribution in [0, 0.1) is 5.92 Å². The van der Waals surface area contributed by atoms with Crippen LogP contribution in [0.15, 0.2) is 0 Å². The van der Waals surface area contributed by atoms with Crippen molar-refractivity contribution in [3.8, 4) is 0 Å². The molecule has 13 heteroatoms. The van der Waals surface area contributed by atoms with Crippen molar-refractivity contribution in [3.63, 3.8) is 0 Å². The average Bonchev–Trinajstić information content (AvgIpc) is 3.22. The van der Waals surface area contributed by atoms with E-state index in [2.05, 4.69) is 0 Å². The van der Waals surface area contributed by atoms with Gasteiger partial charge in [0.25, 0.3) is 12.9 Å². The average molecular weight is 497 g/mol. The number of rotatable bonds is 23. The van der Waals surface area contributed by atoms with E-state index in [4.69, 9.17) is 42.6 Å². The molecule has 34 heavy (non-hydrogen) atoms. The summed E-state index contributed by atoms with van der Waals surface area (Å²) in [4.78, 5) is 32.1. The molecule has 1 fully saturated rings. The molecule has 1 rings (SSSR count). The number of ether oxygens (including phenoxy) is 9. The SMILES string of the molecule is COCC(CCC(COCC(O)COCC(COC)OC=O)COCC1COC(=O)O1)OC=O. The Morgan fingerprint density at radius 3 is 2.12 bits per heavy atom. The largest absolute Gasteiger partial charge is 0.508 e. The Balaban J connectivity index is 2.38. The lowest BCUT2D eigenvalue weighted by atomic mass is 10.0. The first-order valence-corrected chi connectivity index (χ1v) is 10.9. The van der Waals surface area contributed by atoms with Crippen molar-refractivity contribution in [2.75, 3.05) is 73.7 Å². The summed E-state index contributed by atoms with van der Waals surface area (Å²) < 4.78 is 46.1. The van der Waals surface area contributed by atoms with Gasteiger partial charge in [-0.25, -0.2) is 4.79 Å². The van der Waals surface area contributed by atoms with Crippen LogP contribution in [0.3, 0.4) is 0 Å². The molecule has 1 aliphatic rings. The summed E-state index contributed by atoms with van der Waals surface area (Å²) in [5.74, 6) is -0.0900. The van der Waals surface area contributed by atoms with Gasteiger partial charge < -0.3 is 47.7 Å². The highest BCUT2D eigenvalue weighted by Gasteiger charge is 2.25. The molecule has 5 atom stereocenters. The Labute approximate surface area is 198 Å². The van der Waals surface area contributed by atoms with Crippen LogP contribution >= 0.6 is 0 Å². The van der Waals surface area contributed by atoms with Crippen LogP contribution in [0.25, 0.3) is 0 Å². The number of carbonyl (C=O) groups excluding carboxylic acids is 3. The van der Waals surface area contributed by atoms with Crippen molar-refractivity contribution in [2.24, 2.45) is 5.92 Å². The second kappa shape index (κ2) is 19.3. The van der Waals surface area contributed by atoms with Gasteiger partial charge in [0.05, 0.1) is 52.9 Å². The quantitative estimate of drug-likeness (QED) is 0.112. The molecule has 1 saturated heterocycles. The number of hydrogen-bond donors (Lipinski definition) is 1. The van der Waals surface area contributed by atoms with Crippen molar-refractivity contribution < 1.29 is 62.1 Å². The van der Waals surface area contributed by atoms with Crippen LogP contribution in [0.5, 0.6) is 0 Å². The third-order valence-electron chi connectivity index (χ3n) is 4.68. The zero-order chi connectivity index (χ0) is 25.0. The van der Waals surface area contributed by atoms with Crippen LogP contribution in [0.1, 0.15) is 12.8 Å². The molecule has 0 aliphatic carbocycles. The first kappa shape index (κ1) is 30.0. The summed E-state index contributed by atoms with van der Waals surface area (Å²) in [6, 6.07) is 0. The summed E-state index contributed by atoms with van der Waals surface area (Å²) in [6.45, 7) is 2.09. The van der Waals surface area contributed by atoms with Crippen LogP contribution in [-0.4, -0.2) is 122 Å². The van der Waals surface area contributed by atoms with Crippen LogP contribution in [0.4, 0.5) is 4.79 Å². The van der Waals surface area contributed by atoms with Crippen molar-refractivity contribution >= 4 is 19.1 Å². The maximum atomic E-state index is 11.0. The smallest absolute Gasteiger partial charge is 0.462 e. The topological polar surface area (TPSA) is 155 Å². The monoisotopic (exact) mass is 496 g/mol. The van der Waals surface area contributed by atoms with E-state index in [-0.39, 0.29) is 58.8 Å². The Morgan fingerprint density at radius 1 is 0.882 bits per heavy atom. The maximum absolute atomic E-state index is 11.0. The van der Waals surface area contributed by atoms with E-state index in [1.807, 2.05) is 0 Å². The van der Waals surface area contributed by atoms with Crippen molar-refractivity contribution in [1.82, 2.24) is 0 Å². The van der Waals surface area contributed by atoms with Crippen molar-refractivity contribution in [1.29, 1.82) is 0 Å². The number of carbonyl (C=O) groups is 3. The van der Waals surface area contributed by atoms with Gasteiger partial charge in [-0.3, -0.25) is 9.59 Å². The molecule has 1 aliphatic heterocycles. The molecule has 0 radical (unpaired) electrons. The maximum Gasteiger partial charge on any atom is 0.508 e. The molecule has 0 amide bonds. The molecule has 0 aromatic heterocycles. The Hall–Kier alpha value is -2.03. The molecular formula is C21H36O13. The highest BCUT2D eigenvalue weighted by Crippen LogP contribution is 2.14. The van der Waals surface area contributed by atoms with Gasteiger partial charge in [-0.05, 0) is 12.8 Å². The summed E-state index contributed by atoms with van der Waals surface area (Å²) in [5.41, 5.74) is 0. The number of cyclic esters (lactones) is 2. The van der Waals surface area contributed by atoms with Gasteiger partial charge in [0.1, 0.15) is 24.9 Å². The van der Waals surface area contributed by atoms with E-state index < -0.39 is 30.6 Å². The van der Waals surface area contributed by atoms with Gasteiger partial charge in [-0.15, -0.1) is 0 Å². The van der Waals surface area contributed by atoms with Crippen molar-refractivity contribution in [3.05, 3.63) is 0 Å². The van der Waals surface area contributed by atoms with Gasteiger partial charge in [-0.1, -0.05) is 0 Å². The van der Waals surface area contributed by atoms with E-state index in [0.717, 1.165) is 0 Å². The predicted octanol–water partition coefficient (Wildman–Crippen LogP) is -0.295. The molecular weight excluding hydrogens is 460 g/mol. The molecule has 1 heterocycles. The highest BCUT2D eigenvalue weighted by atomic mass is 16.8. The van der Waals surface area contributed by atoms with Crippen LogP contribution < -0.4 is 0 Å². The lowest BCUT2D eigenvalue weighted by Gasteiger charge is -2.22. The molecule has 198 valence electrons. The highest BCUT2D eigenvalue weighted by molar-refractivity contribution is 5.61. The Kier molecular flexibility index (Phi) is 17.0. The lowest BCUT2D eigenvalue weighted by Crippen LogP contribution is -2.30. The van der Waals surface area contributed by atoms with Gasteiger partial charge in [-0.2, -0.15) is 0 Å². The number of aliphatic hydroxyl groups is 1. The predicted molar refractivity (Wildman–Crippen MR) is 113 cm³/mol. The minimum absolute atomic E-state index is 0.0142. The molecule has 0 spiro atoms. The molecule has 1 N–H and O–H groups in total. The fourth-order valence-corrected chi connectivity index (χ4v) is 3.05. The van der Waals surface area contributed by atoms with Crippen LogP contribution in [-0.2, 0) is 52.2 Å². The summed E-state index contributed by atoms with van der Waals surface area (Å²) in [6.07, 6.45) is -1.92. The van der Waals surface area contributed by atoms with Crippen molar-refractivity contribution in [2.45, 2.75) is 37.3 Å². The minimum atomic E-state index is -0.893. The summed E-state index contributed by atoms with van der Waals surface area (Å²) >= 11 is 0. The van der Waals surface area contributed by atoms with Gasteiger partial charge >= 0.3 is 6.16 Å². The molecule has 0 bridgehead atoms. The summed E-state index contributed by atoms with van der Waals surface area (Å²) in [5, 5.41) is 10.1. The summed E-state index contributed by atoms with van der Waals surface area (Å²) in [7, 11) is 2.99. The first-order chi connectivity index (χ1) is 16.5. The standard InChI is InChI=1S/C21H36O13/c1-26-9-18(32-14-22)4-3-16(6-29-12-20-13-31-21(25)34-20)5-28-7-17(24)8-30-11-19(10-27-2)33-15-23/h14-20,24H,3-13H2,1-2H3. The van der Waals surface area contributed by atoms with Gasteiger partial charge in [0.15, 0.2) is 6.10 Å². The van der Waals surface area contributed by atoms with E-state index in [9.17, 15) is 19.5 Å². The van der Waals surface area contributed by atoms with Gasteiger partial charge in [0, 0.05) is 20.1 Å². The van der Waals surface area contributed by atoms with Crippen LogP contribution in [0.2, 0.25) is 0 Å².